The van der Waals surface area contributed by atoms with E-state index in [-0.39, 0.29) is 5.41 Å². The molecule has 0 aromatic heterocycles. The highest BCUT2D eigenvalue weighted by atomic mass is 15.3. The lowest BCUT2D eigenvalue weighted by molar-refractivity contribution is 0.0899. The molecule has 140 valence electrons. The van der Waals surface area contributed by atoms with Crippen molar-refractivity contribution in [3.05, 3.63) is 29.8 Å². The number of hydrogen-bond acceptors (Lipinski definition) is 4. The fourth-order valence-corrected chi connectivity index (χ4v) is 4.34. The van der Waals surface area contributed by atoms with Crippen LogP contribution in [0, 0.1) is 5.41 Å². The zero-order valence-corrected chi connectivity index (χ0v) is 16.4. The first-order valence-corrected chi connectivity index (χ1v) is 10.0. The molecule has 0 aliphatic carbocycles. The summed E-state index contributed by atoms with van der Waals surface area (Å²) in [4.78, 5) is 7.77. The number of piperazine rings is 1. The van der Waals surface area contributed by atoms with Crippen LogP contribution in [0.25, 0.3) is 0 Å². The first kappa shape index (κ1) is 18.7. The van der Waals surface area contributed by atoms with E-state index in [2.05, 4.69) is 59.7 Å². The Labute approximate surface area is 154 Å². The highest BCUT2D eigenvalue weighted by Gasteiger charge is 2.33. The van der Waals surface area contributed by atoms with Gasteiger partial charge in [0.05, 0.1) is 0 Å². The molecule has 1 unspecified atom stereocenters. The normalized spacial score (nSPS) is 25.3. The van der Waals surface area contributed by atoms with Crippen LogP contribution in [0.5, 0.6) is 0 Å². The van der Waals surface area contributed by atoms with Gasteiger partial charge in [0.2, 0.25) is 0 Å². The van der Waals surface area contributed by atoms with E-state index in [1.54, 1.807) is 0 Å². The Hall–Kier alpha value is -1.10. The van der Waals surface area contributed by atoms with Gasteiger partial charge in [0.25, 0.3) is 0 Å². The number of anilines is 1. The van der Waals surface area contributed by atoms with Crippen LogP contribution in [0.3, 0.4) is 0 Å². The van der Waals surface area contributed by atoms with Gasteiger partial charge in [-0.15, -0.1) is 0 Å². The van der Waals surface area contributed by atoms with Gasteiger partial charge in [0.1, 0.15) is 0 Å². The van der Waals surface area contributed by atoms with Gasteiger partial charge < -0.3 is 10.6 Å². The Bertz CT molecular complexity index is 549. The Kier molecular flexibility index (Phi) is 6.03. The third-order valence-corrected chi connectivity index (χ3v) is 6.03. The molecule has 0 saturated carbocycles. The van der Waals surface area contributed by atoms with Crippen molar-refractivity contribution in [3.8, 4) is 0 Å². The monoisotopic (exact) mass is 344 g/mol. The number of hydrogen-bond donors (Lipinski definition) is 1. The van der Waals surface area contributed by atoms with Gasteiger partial charge >= 0.3 is 0 Å². The second kappa shape index (κ2) is 8.07. The number of likely N-dealkylation sites (tertiary alicyclic amines) is 1. The smallest absolute Gasteiger partial charge is 0.0412 e. The Balaban J connectivity index is 1.66. The predicted octanol–water partition coefficient (Wildman–Crippen LogP) is 2.78. The minimum atomic E-state index is 0.207. The van der Waals surface area contributed by atoms with E-state index in [0.29, 0.717) is 6.04 Å². The van der Waals surface area contributed by atoms with Crippen molar-refractivity contribution < 1.29 is 0 Å². The number of benzene rings is 1. The largest absolute Gasteiger partial charge is 0.369 e. The molecule has 3 rings (SSSR count). The summed E-state index contributed by atoms with van der Waals surface area (Å²) in [6, 6.07) is 9.33. The van der Waals surface area contributed by atoms with Crippen LogP contribution in [0.1, 0.15) is 39.2 Å². The topological polar surface area (TPSA) is 35.7 Å². The van der Waals surface area contributed by atoms with Crippen molar-refractivity contribution in [2.24, 2.45) is 11.1 Å². The lowest BCUT2D eigenvalue weighted by atomic mass is 9.79. The maximum atomic E-state index is 6.31. The van der Waals surface area contributed by atoms with Crippen LogP contribution in [0.2, 0.25) is 0 Å². The zero-order valence-electron chi connectivity index (χ0n) is 16.4. The first-order chi connectivity index (χ1) is 12.0. The van der Waals surface area contributed by atoms with E-state index in [4.69, 9.17) is 5.73 Å². The summed E-state index contributed by atoms with van der Waals surface area (Å²) in [5.74, 6) is 0. The van der Waals surface area contributed by atoms with E-state index in [0.717, 1.165) is 39.1 Å². The van der Waals surface area contributed by atoms with Crippen LogP contribution in [0.4, 0.5) is 5.69 Å². The molecule has 0 amide bonds. The van der Waals surface area contributed by atoms with Crippen molar-refractivity contribution >= 4 is 5.69 Å². The van der Waals surface area contributed by atoms with Gasteiger partial charge in [-0.25, -0.2) is 0 Å². The molecule has 2 aliphatic rings. The summed E-state index contributed by atoms with van der Waals surface area (Å²) >= 11 is 0. The quantitative estimate of drug-likeness (QED) is 0.891. The Morgan fingerprint density at radius 3 is 2.44 bits per heavy atom. The summed E-state index contributed by atoms with van der Waals surface area (Å²) < 4.78 is 0. The van der Waals surface area contributed by atoms with E-state index in [9.17, 15) is 0 Å². The van der Waals surface area contributed by atoms with E-state index >= 15 is 0 Å². The second-order valence-corrected chi connectivity index (χ2v) is 8.55. The molecule has 1 aromatic carbocycles. The summed E-state index contributed by atoms with van der Waals surface area (Å²) in [5, 5.41) is 0. The van der Waals surface area contributed by atoms with E-state index in [1.807, 2.05) is 0 Å². The molecule has 0 radical (unpaired) electrons. The van der Waals surface area contributed by atoms with E-state index < -0.39 is 0 Å². The molecule has 0 spiro atoms. The van der Waals surface area contributed by atoms with Crippen molar-refractivity contribution in [1.82, 2.24) is 9.80 Å². The number of piperidine rings is 1. The van der Waals surface area contributed by atoms with Crippen molar-refractivity contribution in [1.29, 1.82) is 0 Å². The van der Waals surface area contributed by atoms with Crippen molar-refractivity contribution in [2.45, 2.75) is 46.2 Å². The van der Waals surface area contributed by atoms with Gasteiger partial charge in [0, 0.05) is 57.5 Å². The number of para-hydroxylation sites is 1. The molecule has 4 heteroatoms. The fraction of sp³-hybridized carbons (Fsp3) is 0.714. The minimum absolute atomic E-state index is 0.207. The summed E-state index contributed by atoms with van der Waals surface area (Å²) in [5.41, 5.74) is 9.43. The molecular formula is C21H36N4. The van der Waals surface area contributed by atoms with Crippen LogP contribution in [-0.2, 0) is 6.54 Å². The second-order valence-electron chi connectivity index (χ2n) is 8.55. The summed E-state index contributed by atoms with van der Waals surface area (Å²) in [7, 11) is 0. The SMILES string of the molecule is CCCN1CCN(c2ccccc2CN2CCC(N)C(C)(C)C2)CC1. The lowest BCUT2D eigenvalue weighted by Gasteiger charge is -2.43. The van der Waals surface area contributed by atoms with Crippen LogP contribution < -0.4 is 10.6 Å². The molecule has 25 heavy (non-hydrogen) atoms. The van der Waals surface area contributed by atoms with Crippen molar-refractivity contribution in [2.75, 3.05) is 50.7 Å². The Morgan fingerprint density at radius 2 is 1.76 bits per heavy atom. The molecule has 2 saturated heterocycles. The highest BCUT2D eigenvalue weighted by Crippen LogP contribution is 2.30. The van der Waals surface area contributed by atoms with Crippen molar-refractivity contribution in [3.63, 3.8) is 0 Å². The maximum absolute atomic E-state index is 6.31. The summed E-state index contributed by atoms with van der Waals surface area (Å²) in [6.07, 6.45) is 2.36. The molecule has 1 atom stereocenters. The molecule has 4 nitrogen and oxygen atoms in total. The maximum Gasteiger partial charge on any atom is 0.0412 e. The van der Waals surface area contributed by atoms with Gasteiger partial charge in [-0.05, 0) is 36.4 Å². The number of nitrogens with two attached hydrogens (primary N) is 1. The third kappa shape index (κ3) is 4.55. The molecule has 0 bridgehead atoms. The number of nitrogens with zero attached hydrogens (tertiary/aromatic N) is 3. The Morgan fingerprint density at radius 1 is 1.04 bits per heavy atom. The van der Waals surface area contributed by atoms with Gasteiger partial charge in [-0.1, -0.05) is 39.0 Å². The van der Waals surface area contributed by atoms with Crippen LogP contribution in [-0.4, -0.2) is 61.7 Å². The van der Waals surface area contributed by atoms with E-state index in [1.165, 1.54) is 37.3 Å². The average Bonchev–Trinajstić information content (AvgIpc) is 2.60. The number of rotatable bonds is 5. The fourth-order valence-electron chi connectivity index (χ4n) is 4.34. The lowest BCUT2D eigenvalue weighted by Crippen LogP contribution is -2.52. The van der Waals surface area contributed by atoms with Gasteiger partial charge in [-0.2, -0.15) is 0 Å². The highest BCUT2D eigenvalue weighted by molar-refractivity contribution is 5.54. The standard InChI is InChI=1S/C21H36N4/c1-4-10-23-12-14-25(15-13-23)19-8-6-5-7-18(19)16-24-11-9-20(22)21(2,3)17-24/h5-8,20H,4,9-17,22H2,1-3H3. The molecular weight excluding hydrogens is 308 g/mol. The molecule has 2 N–H and O–H groups in total. The molecule has 1 aromatic rings. The van der Waals surface area contributed by atoms with Crippen LogP contribution >= 0.6 is 0 Å². The molecule has 2 heterocycles. The zero-order chi connectivity index (χ0) is 17.9. The predicted molar refractivity (Wildman–Crippen MR) is 107 cm³/mol. The first-order valence-electron chi connectivity index (χ1n) is 10.0. The van der Waals surface area contributed by atoms with Crippen LogP contribution in [0.15, 0.2) is 24.3 Å². The van der Waals surface area contributed by atoms with Gasteiger partial charge in [-0.3, -0.25) is 9.80 Å². The minimum Gasteiger partial charge on any atom is -0.369 e. The molecule has 2 aliphatic heterocycles. The summed E-state index contributed by atoms with van der Waals surface area (Å²) in [6.45, 7) is 16.0. The van der Waals surface area contributed by atoms with Gasteiger partial charge in [0.15, 0.2) is 0 Å². The third-order valence-electron chi connectivity index (χ3n) is 6.03. The average molecular weight is 345 g/mol. The molecule has 2 fully saturated rings.